The Hall–Kier alpha value is -1.84. The largest absolute Gasteiger partial charge is 0.501 e. The second-order valence-electron chi connectivity index (χ2n) is 10.1. The van der Waals surface area contributed by atoms with Gasteiger partial charge >= 0.3 is 5.97 Å². The number of methoxy groups -OCH3 is 1. The fraction of sp³-hybridized carbons (Fsp3) is 0.680. The van der Waals surface area contributed by atoms with Crippen molar-refractivity contribution in [3.63, 3.8) is 0 Å². The van der Waals surface area contributed by atoms with E-state index >= 15 is 0 Å². The van der Waals surface area contributed by atoms with Crippen LogP contribution in [0.2, 0.25) is 0 Å². The van der Waals surface area contributed by atoms with Crippen molar-refractivity contribution in [3.8, 4) is 0 Å². The third-order valence-electron chi connectivity index (χ3n) is 8.77. The molecule has 4 heteroatoms. The third-order valence-corrected chi connectivity index (χ3v) is 8.77. The van der Waals surface area contributed by atoms with Crippen LogP contribution in [0, 0.1) is 22.7 Å². The van der Waals surface area contributed by atoms with Gasteiger partial charge < -0.3 is 9.47 Å². The van der Waals surface area contributed by atoms with Crippen molar-refractivity contribution in [1.29, 1.82) is 0 Å². The van der Waals surface area contributed by atoms with Gasteiger partial charge in [0.25, 0.3) is 0 Å². The summed E-state index contributed by atoms with van der Waals surface area (Å²) in [5.74, 6) is 1.48. The quantitative estimate of drug-likeness (QED) is 0.606. The van der Waals surface area contributed by atoms with Gasteiger partial charge in [-0.05, 0) is 80.4 Å². The molecule has 2 saturated carbocycles. The highest BCUT2D eigenvalue weighted by Crippen LogP contribution is 2.67. The molecule has 0 bridgehead atoms. The van der Waals surface area contributed by atoms with Crippen molar-refractivity contribution in [1.82, 2.24) is 0 Å². The van der Waals surface area contributed by atoms with E-state index in [9.17, 15) is 9.59 Å². The molecule has 4 nitrogen and oxygen atoms in total. The van der Waals surface area contributed by atoms with Crippen LogP contribution in [0.1, 0.15) is 73.1 Å². The molecule has 2 fully saturated rings. The molecule has 0 aliphatic heterocycles. The molecule has 0 radical (unpaired) electrons. The third kappa shape index (κ3) is 2.63. The number of allylic oxidation sites excluding steroid dienone is 6. The number of carbonyl (C=O) groups excluding carboxylic acids is 2. The first-order chi connectivity index (χ1) is 13.6. The molecular weight excluding hydrogens is 364 g/mol. The molecule has 4 rings (SSSR count). The molecule has 0 saturated heterocycles. The zero-order valence-corrected chi connectivity index (χ0v) is 18.7. The lowest BCUT2D eigenvalue weighted by Gasteiger charge is -2.55. The topological polar surface area (TPSA) is 52.6 Å². The van der Waals surface area contributed by atoms with Gasteiger partial charge in [-0.3, -0.25) is 9.59 Å². The van der Waals surface area contributed by atoms with Gasteiger partial charge in [0.1, 0.15) is 0 Å². The average molecular weight is 399 g/mol. The van der Waals surface area contributed by atoms with Gasteiger partial charge in [-0.1, -0.05) is 25.5 Å². The number of hydrogen-bond donors (Lipinski definition) is 0. The van der Waals surface area contributed by atoms with E-state index in [4.69, 9.17) is 9.47 Å². The maximum Gasteiger partial charge on any atom is 0.303 e. The summed E-state index contributed by atoms with van der Waals surface area (Å²) in [6.07, 6.45) is 10.2. The minimum absolute atomic E-state index is 0.00272. The van der Waals surface area contributed by atoms with Crippen molar-refractivity contribution in [3.05, 3.63) is 34.6 Å². The van der Waals surface area contributed by atoms with Gasteiger partial charge in [0.05, 0.1) is 12.9 Å². The summed E-state index contributed by atoms with van der Waals surface area (Å²) in [4.78, 5) is 24.8. The number of hydrogen-bond acceptors (Lipinski definition) is 4. The molecule has 4 aliphatic rings. The normalized spacial score (nSPS) is 40.9. The summed E-state index contributed by atoms with van der Waals surface area (Å²) >= 11 is 0. The van der Waals surface area contributed by atoms with Gasteiger partial charge in [0.2, 0.25) is 0 Å². The molecule has 29 heavy (non-hydrogen) atoms. The Balaban J connectivity index is 1.81. The predicted molar refractivity (Wildman–Crippen MR) is 112 cm³/mol. The summed E-state index contributed by atoms with van der Waals surface area (Å²) in [6.45, 7) is 9.83. The molecule has 0 aromatic rings. The smallest absolute Gasteiger partial charge is 0.303 e. The molecule has 5 atom stereocenters. The fourth-order valence-corrected chi connectivity index (χ4v) is 7.28. The Morgan fingerprint density at radius 1 is 1.03 bits per heavy atom. The van der Waals surface area contributed by atoms with Crippen molar-refractivity contribution in [2.75, 3.05) is 7.11 Å². The Morgan fingerprint density at radius 3 is 2.34 bits per heavy atom. The molecule has 4 aliphatic carbocycles. The maximum absolute atomic E-state index is 12.8. The van der Waals surface area contributed by atoms with Crippen LogP contribution in [-0.4, -0.2) is 24.5 Å². The van der Waals surface area contributed by atoms with Crippen LogP contribution >= 0.6 is 0 Å². The van der Waals surface area contributed by atoms with E-state index in [-0.39, 0.29) is 28.5 Å². The predicted octanol–water partition coefficient (Wildman–Crippen LogP) is 5.29. The van der Waals surface area contributed by atoms with E-state index in [0.717, 1.165) is 37.9 Å². The summed E-state index contributed by atoms with van der Waals surface area (Å²) in [5.41, 5.74) is 3.00. The van der Waals surface area contributed by atoms with Gasteiger partial charge in [-0.25, -0.2) is 0 Å². The van der Waals surface area contributed by atoms with Gasteiger partial charge in [-0.2, -0.15) is 0 Å². The summed E-state index contributed by atoms with van der Waals surface area (Å²) in [5, 5.41) is 0. The van der Waals surface area contributed by atoms with E-state index in [1.54, 1.807) is 14.0 Å². The lowest BCUT2D eigenvalue weighted by atomic mass is 9.49. The lowest BCUT2D eigenvalue weighted by molar-refractivity contribution is -0.180. The number of carbonyl (C=O) groups is 2. The number of rotatable bonds is 3. The van der Waals surface area contributed by atoms with Gasteiger partial charge in [0, 0.05) is 18.8 Å². The maximum atomic E-state index is 12.8. The summed E-state index contributed by atoms with van der Waals surface area (Å²) < 4.78 is 11.4. The Morgan fingerprint density at radius 2 is 1.72 bits per heavy atom. The van der Waals surface area contributed by atoms with E-state index in [0.29, 0.717) is 12.3 Å². The first-order valence-corrected chi connectivity index (χ1v) is 11.0. The summed E-state index contributed by atoms with van der Waals surface area (Å²) in [6, 6.07) is 0. The Labute approximate surface area is 174 Å². The van der Waals surface area contributed by atoms with Crippen LogP contribution in [0.5, 0.6) is 0 Å². The fourth-order valence-electron chi connectivity index (χ4n) is 7.28. The minimum Gasteiger partial charge on any atom is -0.501 e. The van der Waals surface area contributed by atoms with Crippen LogP contribution in [0.4, 0.5) is 0 Å². The Bertz CT molecular complexity index is 862. The average Bonchev–Trinajstić information content (AvgIpc) is 2.95. The number of Topliss-reactive ketones (excluding diaryl/α,β-unsaturated/α-hetero) is 1. The lowest BCUT2D eigenvalue weighted by Crippen LogP contribution is -2.56. The van der Waals surface area contributed by atoms with Crippen molar-refractivity contribution in [2.45, 2.75) is 78.7 Å². The second-order valence-corrected chi connectivity index (χ2v) is 10.1. The minimum atomic E-state index is -0.982. The number of ether oxygens (including phenoxy) is 2. The van der Waals surface area contributed by atoms with E-state index in [1.807, 2.05) is 0 Å². The molecular formula is C25H34O4. The first-order valence-electron chi connectivity index (χ1n) is 11.0. The molecule has 0 aromatic carbocycles. The number of ketones is 1. The van der Waals surface area contributed by atoms with Gasteiger partial charge in [0.15, 0.2) is 11.4 Å². The first kappa shape index (κ1) is 20.4. The van der Waals surface area contributed by atoms with E-state index in [1.165, 1.54) is 23.6 Å². The molecule has 0 aromatic heterocycles. The van der Waals surface area contributed by atoms with Crippen LogP contribution in [0.3, 0.4) is 0 Å². The van der Waals surface area contributed by atoms with Crippen LogP contribution in [0.15, 0.2) is 34.6 Å². The standard InChI is InChI=1S/C25H34O4/c1-15-13-19-20(23(4)10-7-18(28-6)14-22(15)23)8-11-24(5)21(19)9-12-25(24,16(2)26)29-17(3)27/h13-14,20-21H,7-12H2,1-6H3/t20-,21-,23+,24-,25-/m0/s1. The van der Waals surface area contributed by atoms with Crippen molar-refractivity contribution in [2.24, 2.45) is 22.7 Å². The highest BCUT2D eigenvalue weighted by atomic mass is 16.6. The Kier molecular flexibility index (Phi) is 4.64. The monoisotopic (exact) mass is 398 g/mol. The highest BCUT2D eigenvalue weighted by Gasteiger charge is 2.66. The molecule has 0 amide bonds. The molecule has 0 spiro atoms. The zero-order valence-electron chi connectivity index (χ0n) is 18.7. The molecule has 0 N–H and O–H groups in total. The van der Waals surface area contributed by atoms with Crippen molar-refractivity contribution >= 4 is 11.8 Å². The summed E-state index contributed by atoms with van der Waals surface area (Å²) in [7, 11) is 1.76. The highest BCUT2D eigenvalue weighted by molar-refractivity contribution is 5.89. The second kappa shape index (κ2) is 6.58. The molecule has 0 unspecified atom stereocenters. The zero-order chi connectivity index (χ0) is 21.2. The number of esters is 1. The molecule has 0 heterocycles. The van der Waals surface area contributed by atoms with Crippen molar-refractivity contribution < 1.29 is 19.1 Å². The molecule has 158 valence electrons. The van der Waals surface area contributed by atoms with Crippen LogP contribution < -0.4 is 0 Å². The van der Waals surface area contributed by atoms with Gasteiger partial charge in [-0.15, -0.1) is 0 Å². The van der Waals surface area contributed by atoms with E-state index in [2.05, 4.69) is 32.9 Å². The van der Waals surface area contributed by atoms with E-state index < -0.39 is 5.60 Å². The SMILES string of the molecule is COC1=CC2=C(C)C=C3[C@H](CC[C@@]4(C)[C@H]3CC[C@]4(OC(C)=O)C(C)=O)[C@@]2(C)CC1. The number of fused-ring (bicyclic) bond motifs is 5. The van der Waals surface area contributed by atoms with Crippen LogP contribution in [0.25, 0.3) is 0 Å². The van der Waals surface area contributed by atoms with Crippen LogP contribution in [-0.2, 0) is 19.1 Å².